The molecule has 1 saturated heterocycles. The first-order valence-electron chi connectivity index (χ1n) is 7.18. The molecule has 1 aliphatic rings. The van der Waals surface area contributed by atoms with Gasteiger partial charge in [0.15, 0.2) is 0 Å². The molecule has 0 aliphatic carbocycles. The van der Waals surface area contributed by atoms with Crippen LogP contribution in [0.4, 0.5) is 0 Å². The average Bonchev–Trinajstić information content (AvgIpc) is 2.71. The molecular formula is C14H30N2O. The molecule has 0 saturated carbocycles. The minimum Gasteiger partial charge on any atom is -0.394 e. The van der Waals surface area contributed by atoms with Gasteiger partial charge >= 0.3 is 0 Å². The molecule has 0 aromatic carbocycles. The molecule has 2 unspecified atom stereocenters. The first-order valence-corrected chi connectivity index (χ1v) is 7.18. The molecule has 0 amide bonds. The Morgan fingerprint density at radius 1 is 1.41 bits per heavy atom. The first-order chi connectivity index (χ1) is 8.09. The Hall–Kier alpha value is -0.120. The zero-order chi connectivity index (χ0) is 12.7. The minimum absolute atomic E-state index is 0.0763. The zero-order valence-corrected chi connectivity index (χ0v) is 11.8. The van der Waals surface area contributed by atoms with Gasteiger partial charge < -0.3 is 15.3 Å². The first kappa shape index (κ1) is 14.9. The molecule has 2 N–H and O–H groups in total. The highest BCUT2D eigenvalue weighted by atomic mass is 16.3. The predicted octanol–water partition coefficient (Wildman–Crippen LogP) is 1.86. The topological polar surface area (TPSA) is 35.5 Å². The van der Waals surface area contributed by atoms with E-state index >= 15 is 0 Å². The molecular weight excluding hydrogens is 212 g/mol. The Kier molecular flexibility index (Phi) is 6.45. The van der Waals surface area contributed by atoms with Gasteiger partial charge in [-0.25, -0.2) is 0 Å². The highest BCUT2D eigenvalue weighted by Crippen LogP contribution is 2.17. The largest absolute Gasteiger partial charge is 0.394 e. The van der Waals surface area contributed by atoms with Crippen LogP contribution in [-0.4, -0.2) is 48.3 Å². The molecule has 0 radical (unpaired) electrons. The Bertz CT molecular complexity index is 210. The monoisotopic (exact) mass is 242 g/mol. The van der Waals surface area contributed by atoms with Gasteiger partial charge in [0, 0.05) is 12.1 Å². The van der Waals surface area contributed by atoms with Crippen molar-refractivity contribution in [3.63, 3.8) is 0 Å². The summed E-state index contributed by atoms with van der Waals surface area (Å²) in [6.07, 6.45) is 4.90. The van der Waals surface area contributed by atoms with Crippen molar-refractivity contribution in [3.05, 3.63) is 0 Å². The molecule has 102 valence electrons. The van der Waals surface area contributed by atoms with Crippen molar-refractivity contribution in [1.82, 2.24) is 10.2 Å². The third-order valence-electron chi connectivity index (χ3n) is 3.91. The Balaban J connectivity index is 2.10. The van der Waals surface area contributed by atoms with Crippen molar-refractivity contribution in [1.29, 1.82) is 0 Å². The summed E-state index contributed by atoms with van der Waals surface area (Å²) in [6, 6.07) is 0. The second-order valence-corrected chi connectivity index (χ2v) is 5.90. The van der Waals surface area contributed by atoms with Crippen LogP contribution in [0.15, 0.2) is 0 Å². The smallest absolute Gasteiger partial charge is 0.0610 e. The van der Waals surface area contributed by atoms with E-state index in [-0.39, 0.29) is 12.1 Å². The molecule has 2 atom stereocenters. The van der Waals surface area contributed by atoms with Crippen LogP contribution in [0.2, 0.25) is 0 Å². The lowest BCUT2D eigenvalue weighted by Gasteiger charge is -2.28. The highest BCUT2D eigenvalue weighted by molar-refractivity contribution is 4.81. The quantitative estimate of drug-likeness (QED) is 0.638. The summed E-state index contributed by atoms with van der Waals surface area (Å²) < 4.78 is 0. The lowest BCUT2D eigenvalue weighted by molar-refractivity contribution is 0.163. The normalized spacial score (nSPS) is 25.1. The van der Waals surface area contributed by atoms with E-state index in [9.17, 15) is 5.11 Å². The number of rotatable bonds is 8. The van der Waals surface area contributed by atoms with E-state index in [1.54, 1.807) is 0 Å². The molecule has 0 aromatic heterocycles. The molecule has 0 aromatic rings. The third-order valence-corrected chi connectivity index (χ3v) is 3.91. The van der Waals surface area contributed by atoms with E-state index in [4.69, 9.17) is 0 Å². The summed E-state index contributed by atoms with van der Waals surface area (Å²) >= 11 is 0. The van der Waals surface area contributed by atoms with Crippen LogP contribution in [0.1, 0.15) is 46.5 Å². The number of hydrogen-bond donors (Lipinski definition) is 2. The number of nitrogens with one attached hydrogen (secondary N) is 1. The number of likely N-dealkylation sites (N-methyl/N-ethyl adjacent to an activating group) is 1. The lowest BCUT2D eigenvalue weighted by Crippen LogP contribution is -2.45. The molecule has 3 heteroatoms. The average molecular weight is 242 g/mol. The summed E-state index contributed by atoms with van der Waals surface area (Å²) in [6.45, 7) is 11.5. The fourth-order valence-corrected chi connectivity index (χ4v) is 2.73. The molecule has 1 heterocycles. The molecule has 1 aliphatic heterocycles. The van der Waals surface area contributed by atoms with Crippen molar-refractivity contribution in [2.24, 2.45) is 5.92 Å². The van der Waals surface area contributed by atoms with Crippen molar-refractivity contribution in [2.75, 3.05) is 32.8 Å². The van der Waals surface area contributed by atoms with E-state index in [2.05, 4.69) is 31.0 Å². The molecule has 0 spiro atoms. The van der Waals surface area contributed by atoms with Crippen LogP contribution >= 0.6 is 0 Å². The number of hydrogen-bond acceptors (Lipinski definition) is 3. The number of nitrogens with zero attached hydrogens (tertiary/aromatic N) is 1. The van der Waals surface area contributed by atoms with Crippen LogP contribution < -0.4 is 5.32 Å². The summed E-state index contributed by atoms with van der Waals surface area (Å²) in [7, 11) is 0. The van der Waals surface area contributed by atoms with Crippen molar-refractivity contribution in [2.45, 2.75) is 52.0 Å². The predicted molar refractivity (Wildman–Crippen MR) is 73.2 cm³/mol. The Morgan fingerprint density at radius 3 is 2.71 bits per heavy atom. The van der Waals surface area contributed by atoms with Gasteiger partial charge in [0.1, 0.15) is 0 Å². The van der Waals surface area contributed by atoms with E-state index in [1.807, 2.05) is 0 Å². The second kappa shape index (κ2) is 7.34. The van der Waals surface area contributed by atoms with E-state index in [0.29, 0.717) is 0 Å². The minimum atomic E-state index is -0.0763. The third kappa shape index (κ3) is 5.36. The van der Waals surface area contributed by atoms with Crippen LogP contribution in [0, 0.1) is 5.92 Å². The second-order valence-electron chi connectivity index (χ2n) is 5.90. The molecule has 17 heavy (non-hydrogen) atoms. The zero-order valence-electron chi connectivity index (χ0n) is 11.8. The van der Waals surface area contributed by atoms with Crippen LogP contribution in [0.25, 0.3) is 0 Å². The highest BCUT2D eigenvalue weighted by Gasteiger charge is 2.22. The maximum absolute atomic E-state index is 9.39. The van der Waals surface area contributed by atoms with E-state index in [1.165, 1.54) is 38.9 Å². The number of unbranched alkanes of at least 4 members (excludes halogenated alkanes) is 1. The van der Waals surface area contributed by atoms with E-state index < -0.39 is 0 Å². The summed E-state index contributed by atoms with van der Waals surface area (Å²) in [4.78, 5) is 2.58. The Labute approximate surface area is 107 Å². The fourth-order valence-electron chi connectivity index (χ4n) is 2.73. The van der Waals surface area contributed by atoms with Gasteiger partial charge in [0.25, 0.3) is 0 Å². The fraction of sp³-hybridized carbons (Fsp3) is 1.00. The number of likely N-dealkylation sites (tertiary alicyclic amines) is 1. The SMILES string of the molecule is CCNC(C)(CO)CCCCN1CCC(C)C1. The van der Waals surface area contributed by atoms with Crippen LogP contribution in [-0.2, 0) is 0 Å². The van der Waals surface area contributed by atoms with E-state index in [0.717, 1.165) is 18.9 Å². The Morgan fingerprint density at radius 2 is 2.18 bits per heavy atom. The standard InChI is InChI=1S/C14H30N2O/c1-4-15-14(3,12-17)8-5-6-9-16-10-7-13(2)11-16/h13,15,17H,4-12H2,1-3H3. The summed E-state index contributed by atoms with van der Waals surface area (Å²) in [5.41, 5.74) is -0.0763. The van der Waals surface area contributed by atoms with Gasteiger partial charge in [-0.1, -0.05) is 20.3 Å². The maximum Gasteiger partial charge on any atom is 0.0610 e. The lowest BCUT2D eigenvalue weighted by atomic mass is 9.95. The van der Waals surface area contributed by atoms with Gasteiger partial charge in [-0.05, 0) is 51.7 Å². The maximum atomic E-state index is 9.39. The van der Waals surface area contributed by atoms with Gasteiger partial charge in [-0.15, -0.1) is 0 Å². The molecule has 3 nitrogen and oxygen atoms in total. The molecule has 1 fully saturated rings. The van der Waals surface area contributed by atoms with Crippen molar-refractivity contribution >= 4 is 0 Å². The number of aliphatic hydroxyl groups excluding tert-OH is 1. The van der Waals surface area contributed by atoms with Gasteiger partial charge in [-0.3, -0.25) is 0 Å². The van der Waals surface area contributed by atoms with Gasteiger partial charge in [0.05, 0.1) is 6.61 Å². The van der Waals surface area contributed by atoms with Crippen LogP contribution in [0.5, 0.6) is 0 Å². The molecule has 1 rings (SSSR count). The van der Waals surface area contributed by atoms with Crippen LogP contribution in [0.3, 0.4) is 0 Å². The molecule has 0 bridgehead atoms. The van der Waals surface area contributed by atoms with Gasteiger partial charge in [0.2, 0.25) is 0 Å². The van der Waals surface area contributed by atoms with Crippen molar-refractivity contribution in [3.8, 4) is 0 Å². The van der Waals surface area contributed by atoms with Crippen molar-refractivity contribution < 1.29 is 5.11 Å². The summed E-state index contributed by atoms with van der Waals surface area (Å²) in [5, 5.41) is 12.8. The number of aliphatic hydroxyl groups is 1. The summed E-state index contributed by atoms with van der Waals surface area (Å²) in [5.74, 6) is 0.888. The van der Waals surface area contributed by atoms with Gasteiger partial charge in [-0.2, -0.15) is 0 Å².